The average Bonchev–Trinajstić information content (AvgIpc) is 2.46. The number of benzene rings is 1. The summed E-state index contributed by atoms with van der Waals surface area (Å²) in [5.41, 5.74) is 1.75. The molecule has 96 valence electrons. The van der Waals surface area contributed by atoms with E-state index in [2.05, 4.69) is 10.3 Å². The van der Waals surface area contributed by atoms with Crippen molar-refractivity contribution < 1.29 is 4.79 Å². The van der Waals surface area contributed by atoms with Crippen LogP contribution >= 0.6 is 11.8 Å². The van der Waals surface area contributed by atoms with E-state index in [9.17, 15) is 4.79 Å². The summed E-state index contributed by atoms with van der Waals surface area (Å²) in [5, 5.41) is 2.83. The fraction of sp³-hybridized carbons (Fsp3) is 0.0667. The highest BCUT2D eigenvalue weighted by molar-refractivity contribution is 7.98. The molecule has 4 heteroatoms. The topological polar surface area (TPSA) is 42.0 Å². The van der Waals surface area contributed by atoms with Crippen LogP contribution in [0.25, 0.3) is 6.08 Å². The monoisotopic (exact) mass is 270 g/mol. The van der Waals surface area contributed by atoms with Crippen LogP contribution in [0, 0.1) is 0 Å². The van der Waals surface area contributed by atoms with Crippen LogP contribution in [0.15, 0.2) is 59.8 Å². The second kappa shape index (κ2) is 6.75. The summed E-state index contributed by atoms with van der Waals surface area (Å²) in [4.78, 5) is 16.8. The summed E-state index contributed by atoms with van der Waals surface area (Å²) in [6.07, 6.45) is 8.67. The van der Waals surface area contributed by atoms with Crippen molar-refractivity contribution in [1.29, 1.82) is 0 Å². The van der Waals surface area contributed by atoms with Gasteiger partial charge in [0.15, 0.2) is 0 Å². The minimum Gasteiger partial charge on any atom is -0.322 e. The van der Waals surface area contributed by atoms with Gasteiger partial charge in [-0.25, -0.2) is 0 Å². The van der Waals surface area contributed by atoms with Crippen LogP contribution in [0.1, 0.15) is 5.56 Å². The highest BCUT2D eigenvalue weighted by Gasteiger charge is 1.98. The van der Waals surface area contributed by atoms with Gasteiger partial charge in [0.05, 0.1) is 0 Å². The van der Waals surface area contributed by atoms with Crippen molar-refractivity contribution in [2.24, 2.45) is 0 Å². The number of aromatic nitrogens is 1. The average molecular weight is 270 g/mol. The van der Waals surface area contributed by atoms with Crippen molar-refractivity contribution in [3.05, 3.63) is 60.4 Å². The van der Waals surface area contributed by atoms with Gasteiger partial charge in [-0.2, -0.15) is 0 Å². The molecule has 0 unspecified atom stereocenters. The molecule has 1 N–H and O–H groups in total. The van der Waals surface area contributed by atoms with Gasteiger partial charge in [0, 0.05) is 29.1 Å². The fourth-order valence-corrected chi connectivity index (χ4v) is 1.99. The number of amides is 1. The number of carbonyl (C=O) groups is 1. The third-order valence-electron chi connectivity index (χ3n) is 2.47. The number of anilines is 1. The number of nitrogens with one attached hydrogen (secondary N) is 1. The molecule has 1 amide bonds. The minimum absolute atomic E-state index is 0.143. The SMILES string of the molecule is CSc1cccc(NC(=O)/C=C/c2ccncc2)c1. The standard InChI is InChI=1S/C15H14N2OS/c1-19-14-4-2-3-13(11-14)17-15(18)6-5-12-7-9-16-10-8-12/h2-11H,1H3,(H,17,18)/b6-5+. The smallest absolute Gasteiger partial charge is 0.248 e. The van der Waals surface area contributed by atoms with Crippen molar-refractivity contribution in [2.75, 3.05) is 11.6 Å². The van der Waals surface area contributed by atoms with E-state index in [4.69, 9.17) is 0 Å². The first-order chi connectivity index (χ1) is 9.28. The quantitative estimate of drug-likeness (QED) is 0.683. The van der Waals surface area contributed by atoms with E-state index in [1.807, 2.05) is 42.7 Å². The Kier molecular flexibility index (Phi) is 4.75. The van der Waals surface area contributed by atoms with Gasteiger partial charge in [-0.1, -0.05) is 6.07 Å². The van der Waals surface area contributed by atoms with Crippen molar-refractivity contribution in [2.45, 2.75) is 4.90 Å². The van der Waals surface area contributed by atoms with E-state index < -0.39 is 0 Å². The predicted molar refractivity (Wildman–Crippen MR) is 80.1 cm³/mol. The molecule has 0 atom stereocenters. The molecule has 1 aromatic carbocycles. The van der Waals surface area contributed by atoms with Crippen molar-refractivity contribution in [3.63, 3.8) is 0 Å². The molecule has 0 aliphatic rings. The first-order valence-corrected chi connectivity index (χ1v) is 7.03. The Balaban J connectivity index is 1.99. The molecule has 2 rings (SSSR count). The number of thioether (sulfide) groups is 1. The van der Waals surface area contributed by atoms with Gasteiger partial charge < -0.3 is 5.32 Å². The molecular weight excluding hydrogens is 256 g/mol. The zero-order valence-corrected chi connectivity index (χ0v) is 11.4. The van der Waals surface area contributed by atoms with Crippen molar-refractivity contribution in [1.82, 2.24) is 4.98 Å². The summed E-state index contributed by atoms with van der Waals surface area (Å²) in [5.74, 6) is -0.143. The normalized spacial score (nSPS) is 10.6. The Morgan fingerprint density at radius 3 is 2.79 bits per heavy atom. The van der Waals surface area contributed by atoms with Crippen molar-refractivity contribution in [3.8, 4) is 0 Å². The Bertz CT molecular complexity index is 582. The lowest BCUT2D eigenvalue weighted by molar-refractivity contribution is -0.111. The number of rotatable bonds is 4. The van der Waals surface area contributed by atoms with E-state index in [-0.39, 0.29) is 5.91 Å². The van der Waals surface area contributed by atoms with Gasteiger partial charge in [-0.3, -0.25) is 9.78 Å². The Morgan fingerprint density at radius 1 is 1.26 bits per heavy atom. The van der Waals surface area contributed by atoms with Gasteiger partial charge >= 0.3 is 0 Å². The van der Waals surface area contributed by atoms with Crippen LogP contribution in [-0.2, 0) is 4.79 Å². The molecule has 19 heavy (non-hydrogen) atoms. The second-order valence-electron chi connectivity index (χ2n) is 3.84. The van der Waals surface area contributed by atoms with Gasteiger partial charge in [-0.05, 0) is 48.2 Å². The molecule has 0 aliphatic carbocycles. The molecular formula is C15H14N2OS. The van der Waals surface area contributed by atoms with Crippen LogP contribution in [0.2, 0.25) is 0 Å². The largest absolute Gasteiger partial charge is 0.322 e. The Hall–Kier alpha value is -2.07. The summed E-state index contributed by atoms with van der Waals surface area (Å²) in [7, 11) is 0. The predicted octanol–water partition coefficient (Wildman–Crippen LogP) is 3.46. The zero-order valence-electron chi connectivity index (χ0n) is 10.5. The van der Waals surface area contributed by atoms with Crippen molar-refractivity contribution >= 4 is 29.4 Å². The number of hydrogen-bond donors (Lipinski definition) is 1. The Morgan fingerprint density at radius 2 is 2.05 bits per heavy atom. The molecule has 0 saturated carbocycles. The van der Waals surface area contributed by atoms with E-state index in [0.29, 0.717) is 0 Å². The van der Waals surface area contributed by atoms with E-state index in [0.717, 1.165) is 16.1 Å². The van der Waals surface area contributed by atoms with Gasteiger partial charge in [0.25, 0.3) is 0 Å². The Labute approximate surface area is 116 Å². The number of hydrogen-bond acceptors (Lipinski definition) is 3. The van der Waals surface area contributed by atoms with Gasteiger partial charge in [0.2, 0.25) is 5.91 Å². The maximum absolute atomic E-state index is 11.8. The maximum Gasteiger partial charge on any atom is 0.248 e. The van der Waals surface area contributed by atoms with Gasteiger partial charge in [-0.15, -0.1) is 11.8 Å². The minimum atomic E-state index is -0.143. The molecule has 3 nitrogen and oxygen atoms in total. The molecule has 0 saturated heterocycles. The third kappa shape index (κ3) is 4.26. The molecule has 0 aliphatic heterocycles. The third-order valence-corrected chi connectivity index (χ3v) is 3.20. The number of nitrogens with zero attached hydrogens (tertiary/aromatic N) is 1. The molecule has 0 fully saturated rings. The second-order valence-corrected chi connectivity index (χ2v) is 4.71. The van der Waals surface area contributed by atoms with Gasteiger partial charge in [0.1, 0.15) is 0 Å². The summed E-state index contributed by atoms with van der Waals surface area (Å²) in [6.45, 7) is 0. The first kappa shape index (κ1) is 13.4. The number of carbonyl (C=O) groups excluding carboxylic acids is 1. The van der Waals surface area contributed by atoms with E-state index in [1.54, 1.807) is 30.2 Å². The molecule has 0 radical (unpaired) electrons. The van der Waals surface area contributed by atoms with Crippen LogP contribution < -0.4 is 5.32 Å². The molecule has 1 aromatic heterocycles. The van der Waals surface area contributed by atoms with Crippen LogP contribution in [0.3, 0.4) is 0 Å². The molecule has 1 heterocycles. The highest BCUT2D eigenvalue weighted by Crippen LogP contribution is 2.18. The van der Waals surface area contributed by atoms with Crippen LogP contribution in [0.4, 0.5) is 5.69 Å². The molecule has 0 bridgehead atoms. The lowest BCUT2D eigenvalue weighted by Crippen LogP contribution is -2.07. The fourth-order valence-electron chi connectivity index (χ4n) is 1.53. The maximum atomic E-state index is 11.8. The van der Waals surface area contributed by atoms with Crippen LogP contribution in [0.5, 0.6) is 0 Å². The molecule has 0 spiro atoms. The van der Waals surface area contributed by atoms with E-state index in [1.165, 1.54) is 6.08 Å². The zero-order chi connectivity index (χ0) is 13.5. The highest BCUT2D eigenvalue weighted by atomic mass is 32.2. The van der Waals surface area contributed by atoms with E-state index >= 15 is 0 Å². The van der Waals surface area contributed by atoms with Crippen LogP contribution in [-0.4, -0.2) is 17.1 Å². The summed E-state index contributed by atoms with van der Waals surface area (Å²) in [6, 6.07) is 11.4. The number of pyridine rings is 1. The molecule has 2 aromatic rings. The summed E-state index contributed by atoms with van der Waals surface area (Å²) < 4.78 is 0. The lowest BCUT2D eigenvalue weighted by atomic mass is 10.2. The first-order valence-electron chi connectivity index (χ1n) is 5.81. The summed E-state index contributed by atoms with van der Waals surface area (Å²) >= 11 is 1.64. The lowest BCUT2D eigenvalue weighted by Gasteiger charge is -2.03.